The minimum Gasteiger partial charge on any atom is -0.366 e. The van der Waals surface area contributed by atoms with Gasteiger partial charge in [0.15, 0.2) is 5.82 Å². The van der Waals surface area contributed by atoms with Crippen molar-refractivity contribution in [3.8, 4) is 0 Å². The maximum atomic E-state index is 13.1. The Kier molecular flexibility index (Phi) is 7.60. The van der Waals surface area contributed by atoms with Crippen LogP contribution in [0.25, 0.3) is 0 Å². The van der Waals surface area contributed by atoms with Crippen molar-refractivity contribution in [3.05, 3.63) is 83.7 Å². The van der Waals surface area contributed by atoms with Crippen LogP contribution in [0.5, 0.6) is 0 Å². The molecule has 0 spiro atoms. The summed E-state index contributed by atoms with van der Waals surface area (Å²) in [5.41, 5.74) is 2.78. The number of carbonyl (C=O) groups is 1. The summed E-state index contributed by atoms with van der Waals surface area (Å²) in [6.45, 7) is 5.36. The summed E-state index contributed by atoms with van der Waals surface area (Å²) in [5, 5.41) is 6.28. The molecule has 2 N–H and O–H groups in total. The Morgan fingerprint density at radius 2 is 1.77 bits per heavy atom. The monoisotopic (exact) mass is 420 g/mol. The number of amides is 1. The molecule has 1 heterocycles. The number of hydrogen-bond acceptors (Lipinski definition) is 4. The third kappa shape index (κ3) is 6.28. The predicted molar refractivity (Wildman–Crippen MR) is 125 cm³/mol. The fraction of sp³-hybridized carbons (Fsp3) is 0.280. The Hall–Kier alpha value is -3.41. The van der Waals surface area contributed by atoms with Gasteiger partial charge in [-0.3, -0.25) is 4.79 Å². The van der Waals surface area contributed by atoms with Crippen LogP contribution in [0.1, 0.15) is 37.3 Å². The van der Waals surface area contributed by atoms with Crippen LogP contribution in [-0.2, 0) is 11.3 Å². The van der Waals surface area contributed by atoms with E-state index in [2.05, 4.69) is 17.6 Å². The Morgan fingerprint density at radius 1 is 1.06 bits per heavy atom. The number of pyridine rings is 1. The average Bonchev–Trinajstić information content (AvgIpc) is 2.79. The number of nitrogens with one attached hydrogen (secondary N) is 2. The third-order valence-electron chi connectivity index (χ3n) is 5.23. The molecule has 3 rings (SSSR count). The lowest BCUT2D eigenvalue weighted by Gasteiger charge is -2.21. The third-order valence-corrected chi connectivity index (χ3v) is 5.23. The van der Waals surface area contributed by atoms with Crippen LogP contribution in [0.2, 0.25) is 0 Å². The van der Waals surface area contributed by atoms with E-state index in [1.165, 1.54) is 12.1 Å². The zero-order valence-electron chi connectivity index (χ0n) is 18.2. The number of carbonyl (C=O) groups excluding carboxylic acids is 1. The molecule has 0 fully saturated rings. The highest BCUT2D eigenvalue weighted by molar-refractivity contribution is 5.94. The molecule has 0 aliphatic carbocycles. The molecule has 0 saturated heterocycles. The van der Waals surface area contributed by atoms with Crippen molar-refractivity contribution in [1.29, 1.82) is 0 Å². The second-order valence-electron chi connectivity index (χ2n) is 7.63. The lowest BCUT2D eigenvalue weighted by atomic mass is 9.97. The normalized spacial score (nSPS) is 11.6. The van der Waals surface area contributed by atoms with E-state index in [0.717, 1.165) is 17.7 Å². The van der Waals surface area contributed by atoms with Gasteiger partial charge in [-0.1, -0.05) is 49.4 Å². The van der Waals surface area contributed by atoms with Crippen molar-refractivity contribution in [3.63, 3.8) is 0 Å². The van der Waals surface area contributed by atoms with Crippen molar-refractivity contribution in [2.75, 3.05) is 29.1 Å². The molecular formula is C25H29FN4O. The quantitative estimate of drug-likeness (QED) is 0.485. The first-order valence-corrected chi connectivity index (χ1v) is 10.5. The van der Waals surface area contributed by atoms with Gasteiger partial charge < -0.3 is 15.5 Å². The topological polar surface area (TPSA) is 57.3 Å². The fourth-order valence-corrected chi connectivity index (χ4v) is 3.26. The molecule has 0 radical (unpaired) electrons. The zero-order chi connectivity index (χ0) is 22.2. The number of hydrogen-bond donors (Lipinski definition) is 2. The number of nitrogens with zero attached hydrogens (tertiary/aromatic N) is 2. The molecule has 0 aliphatic rings. The van der Waals surface area contributed by atoms with Crippen molar-refractivity contribution in [2.45, 2.75) is 32.7 Å². The first kappa shape index (κ1) is 22.3. The van der Waals surface area contributed by atoms with Crippen LogP contribution < -0.4 is 15.5 Å². The van der Waals surface area contributed by atoms with Gasteiger partial charge >= 0.3 is 0 Å². The van der Waals surface area contributed by atoms with Crippen LogP contribution in [-0.4, -0.2) is 24.5 Å². The molecular weight excluding hydrogens is 391 g/mol. The first-order valence-electron chi connectivity index (χ1n) is 10.5. The van der Waals surface area contributed by atoms with E-state index in [1.54, 1.807) is 12.1 Å². The molecule has 1 aromatic heterocycles. The summed E-state index contributed by atoms with van der Waals surface area (Å²) in [4.78, 5) is 19.4. The predicted octanol–water partition coefficient (Wildman–Crippen LogP) is 5.42. The van der Waals surface area contributed by atoms with E-state index in [9.17, 15) is 9.18 Å². The number of benzene rings is 2. The lowest BCUT2D eigenvalue weighted by molar-refractivity contribution is -0.116. The van der Waals surface area contributed by atoms with E-state index in [-0.39, 0.29) is 17.6 Å². The lowest BCUT2D eigenvalue weighted by Crippen LogP contribution is -2.22. The van der Waals surface area contributed by atoms with Gasteiger partial charge in [0.2, 0.25) is 5.91 Å². The summed E-state index contributed by atoms with van der Waals surface area (Å²) < 4.78 is 13.1. The summed E-state index contributed by atoms with van der Waals surface area (Å²) in [5.74, 6) is 1.21. The molecule has 0 bridgehead atoms. The summed E-state index contributed by atoms with van der Waals surface area (Å²) in [7, 11) is 1.94. The van der Waals surface area contributed by atoms with Crippen molar-refractivity contribution < 1.29 is 9.18 Å². The van der Waals surface area contributed by atoms with Gasteiger partial charge in [0.1, 0.15) is 11.6 Å². The minimum absolute atomic E-state index is 0.0454. The van der Waals surface area contributed by atoms with Crippen LogP contribution in [0.15, 0.2) is 66.7 Å². The van der Waals surface area contributed by atoms with Gasteiger partial charge in [0.25, 0.3) is 0 Å². The van der Waals surface area contributed by atoms with Gasteiger partial charge in [-0.2, -0.15) is 0 Å². The molecule has 162 valence electrons. The Balaban J connectivity index is 1.69. The Morgan fingerprint density at radius 3 is 2.45 bits per heavy atom. The fourth-order valence-electron chi connectivity index (χ4n) is 3.26. The molecule has 3 aromatic rings. The molecule has 1 atom stereocenters. The Labute approximate surface area is 183 Å². The van der Waals surface area contributed by atoms with Gasteiger partial charge in [-0.25, -0.2) is 9.37 Å². The maximum Gasteiger partial charge on any atom is 0.225 e. The van der Waals surface area contributed by atoms with Crippen LogP contribution in [0.4, 0.5) is 21.7 Å². The summed E-state index contributed by atoms with van der Waals surface area (Å²) in [6, 6.07) is 20.1. The van der Waals surface area contributed by atoms with Gasteiger partial charge in [-0.15, -0.1) is 0 Å². The van der Waals surface area contributed by atoms with Crippen LogP contribution >= 0.6 is 0 Å². The molecule has 2 aromatic carbocycles. The number of halogens is 1. The SMILES string of the molecule is CCN(C)c1nc(NCc2ccc(F)cc2)ccc1NC(=O)CC(C)c1ccccc1. The van der Waals surface area contributed by atoms with E-state index >= 15 is 0 Å². The average molecular weight is 421 g/mol. The summed E-state index contributed by atoms with van der Waals surface area (Å²) in [6.07, 6.45) is 0.393. The second kappa shape index (κ2) is 10.6. The molecule has 5 nitrogen and oxygen atoms in total. The van der Waals surface area contributed by atoms with Crippen molar-refractivity contribution in [1.82, 2.24) is 4.98 Å². The summed E-state index contributed by atoms with van der Waals surface area (Å²) >= 11 is 0. The van der Waals surface area contributed by atoms with Crippen molar-refractivity contribution in [2.24, 2.45) is 0 Å². The maximum absolute atomic E-state index is 13.1. The first-order chi connectivity index (χ1) is 15.0. The van der Waals surface area contributed by atoms with Gasteiger partial charge in [0, 0.05) is 26.6 Å². The van der Waals surface area contributed by atoms with E-state index in [0.29, 0.717) is 30.3 Å². The van der Waals surface area contributed by atoms with E-state index < -0.39 is 0 Å². The smallest absolute Gasteiger partial charge is 0.225 e. The van der Waals surface area contributed by atoms with Crippen LogP contribution in [0, 0.1) is 5.82 Å². The molecule has 0 aliphatic heterocycles. The molecule has 1 unspecified atom stereocenters. The zero-order valence-corrected chi connectivity index (χ0v) is 18.2. The number of rotatable bonds is 9. The minimum atomic E-state index is -0.254. The largest absolute Gasteiger partial charge is 0.366 e. The molecule has 6 heteroatoms. The standard InChI is InChI=1S/C25H29FN4O/c1-4-30(3)25-22(28-24(31)16-18(2)20-8-6-5-7-9-20)14-15-23(29-25)27-17-19-10-12-21(26)13-11-19/h5-15,18H,4,16-17H2,1-3H3,(H,27,29)(H,28,31). The molecule has 31 heavy (non-hydrogen) atoms. The highest BCUT2D eigenvalue weighted by Crippen LogP contribution is 2.26. The van der Waals surface area contributed by atoms with Crippen molar-refractivity contribution >= 4 is 23.2 Å². The highest BCUT2D eigenvalue weighted by atomic mass is 19.1. The highest BCUT2D eigenvalue weighted by Gasteiger charge is 2.15. The van der Waals surface area contributed by atoms with Crippen LogP contribution in [0.3, 0.4) is 0 Å². The van der Waals surface area contributed by atoms with Gasteiger partial charge in [0.05, 0.1) is 5.69 Å². The Bertz CT molecular complexity index is 992. The number of aromatic nitrogens is 1. The van der Waals surface area contributed by atoms with Gasteiger partial charge in [-0.05, 0) is 48.2 Å². The second-order valence-corrected chi connectivity index (χ2v) is 7.63. The van der Waals surface area contributed by atoms with E-state index in [1.807, 2.05) is 61.3 Å². The number of anilines is 3. The van der Waals surface area contributed by atoms with E-state index in [4.69, 9.17) is 4.98 Å². The molecule has 1 amide bonds. The molecule has 0 saturated carbocycles.